The summed E-state index contributed by atoms with van der Waals surface area (Å²) in [6.45, 7) is 23.9. The second kappa shape index (κ2) is 16.4. The summed E-state index contributed by atoms with van der Waals surface area (Å²) in [6, 6.07) is -0.00670. The van der Waals surface area contributed by atoms with Gasteiger partial charge < -0.3 is 0 Å². The normalized spacial score (nSPS) is 16.2. The lowest BCUT2D eigenvalue weighted by Crippen LogP contribution is -2.37. The maximum atomic E-state index is 11.8. The lowest BCUT2D eigenvalue weighted by molar-refractivity contribution is -0.140. The second-order valence-electron chi connectivity index (χ2n) is 10.5. The number of amides is 2. The van der Waals surface area contributed by atoms with Crippen molar-refractivity contribution >= 4 is 35.1 Å². The highest BCUT2D eigenvalue weighted by Crippen LogP contribution is 2.29. The van der Waals surface area contributed by atoms with Crippen LogP contribution in [0, 0.1) is 23.7 Å². The second-order valence-corrected chi connectivity index (χ2v) is 12.3. The lowest BCUT2D eigenvalue weighted by Gasteiger charge is -2.19. The van der Waals surface area contributed by atoms with Gasteiger partial charge in [-0.3, -0.25) is 24.1 Å². The number of carbonyl (C=O) groups is 4. The Morgan fingerprint density at radius 3 is 1.34 bits per heavy atom. The molecule has 1 atom stereocenters. The number of hydrogen-bond donors (Lipinski definition) is 0. The minimum atomic E-state index is -0.148. The average Bonchev–Trinajstić information content (AvgIpc) is 2.87. The van der Waals surface area contributed by atoms with Crippen LogP contribution in [-0.2, 0) is 19.2 Å². The van der Waals surface area contributed by atoms with Crippen LogP contribution in [-0.4, -0.2) is 44.8 Å². The van der Waals surface area contributed by atoms with Gasteiger partial charge >= 0.3 is 0 Å². The molecular formula is C26H49NO4S. The quantitative estimate of drug-likeness (QED) is 0.376. The molecule has 1 unspecified atom stereocenters. The third-order valence-corrected chi connectivity index (χ3v) is 5.84. The smallest absolute Gasteiger partial charge is 0.243 e. The van der Waals surface area contributed by atoms with Gasteiger partial charge in [-0.1, -0.05) is 69.2 Å². The number of likely N-dealkylation sites (tertiary alicyclic amines) is 1. The number of carbonyl (C=O) groups excluding carboxylic acids is 4. The van der Waals surface area contributed by atoms with Crippen LogP contribution >= 0.6 is 11.8 Å². The Morgan fingerprint density at radius 1 is 0.781 bits per heavy atom. The van der Waals surface area contributed by atoms with E-state index in [1.165, 1.54) is 4.90 Å². The summed E-state index contributed by atoms with van der Waals surface area (Å²) in [5.41, 5.74) is 0. The molecule has 188 valence electrons. The van der Waals surface area contributed by atoms with Crippen LogP contribution in [0.15, 0.2) is 0 Å². The zero-order chi connectivity index (χ0) is 25.8. The minimum absolute atomic E-state index is 0.00670. The molecule has 1 aliphatic rings. The molecule has 0 aromatic carbocycles. The van der Waals surface area contributed by atoms with Gasteiger partial charge in [0.25, 0.3) is 0 Å². The lowest BCUT2D eigenvalue weighted by atomic mass is 9.99. The van der Waals surface area contributed by atoms with Gasteiger partial charge in [-0.05, 0) is 30.9 Å². The van der Waals surface area contributed by atoms with Crippen LogP contribution in [0.25, 0.3) is 0 Å². The number of thioether (sulfide) groups is 1. The van der Waals surface area contributed by atoms with Crippen molar-refractivity contribution in [1.82, 2.24) is 4.90 Å². The first-order chi connectivity index (χ1) is 14.5. The number of nitrogens with zero attached hydrogens (tertiary/aromatic N) is 1. The van der Waals surface area contributed by atoms with E-state index < -0.39 is 0 Å². The van der Waals surface area contributed by atoms with Crippen LogP contribution < -0.4 is 0 Å². The van der Waals surface area contributed by atoms with Crippen LogP contribution in [0.4, 0.5) is 0 Å². The van der Waals surface area contributed by atoms with Gasteiger partial charge in [0.05, 0.1) is 5.25 Å². The summed E-state index contributed by atoms with van der Waals surface area (Å²) in [6.07, 6.45) is 1.84. The molecule has 0 N–H and O–H groups in total. The fourth-order valence-corrected chi connectivity index (χ4v) is 4.00. The van der Waals surface area contributed by atoms with E-state index in [1.807, 2.05) is 55.4 Å². The van der Waals surface area contributed by atoms with Crippen LogP contribution in [0.5, 0.6) is 0 Å². The van der Waals surface area contributed by atoms with Gasteiger partial charge in [0.15, 0.2) is 0 Å². The maximum absolute atomic E-state index is 11.8. The van der Waals surface area contributed by atoms with Crippen molar-refractivity contribution in [3.8, 4) is 0 Å². The standard InChI is InChI=1S/C10H17NO2S.2C8H16O/c1-6(2)11-9(12)5-8(10(11)13)14-7(3)4;2*1-6(2)5-8(9)7(3)4/h6-8H,5H2,1-4H3;2*6-7H,5H2,1-4H3. The Kier molecular flexibility index (Phi) is 17.0. The van der Waals surface area contributed by atoms with E-state index in [1.54, 1.807) is 11.8 Å². The molecule has 0 saturated carbocycles. The van der Waals surface area contributed by atoms with E-state index in [2.05, 4.69) is 27.7 Å². The summed E-state index contributed by atoms with van der Waals surface area (Å²) >= 11 is 1.58. The average molecular weight is 472 g/mol. The molecule has 1 rings (SSSR count). The molecule has 1 saturated heterocycles. The number of ketones is 2. The third kappa shape index (κ3) is 14.8. The molecule has 1 fully saturated rings. The molecule has 32 heavy (non-hydrogen) atoms. The molecular weight excluding hydrogens is 422 g/mol. The molecule has 1 heterocycles. The first-order valence-electron chi connectivity index (χ1n) is 12.1. The highest BCUT2D eigenvalue weighted by atomic mass is 32.2. The number of imide groups is 1. The Balaban J connectivity index is 0. The zero-order valence-corrected chi connectivity index (χ0v) is 23.5. The zero-order valence-electron chi connectivity index (χ0n) is 22.7. The van der Waals surface area contributed by atoms with Gasteiger partial charge in [-0.15, -0.1) is 11.8 Å². The molecule has 0 aromatic rings. The summed E-state index contributed by atoms with van der Waals surface area (Å²) in [7, 11) is 0. The SMILES string of the molecule is CC(C)CC(=O)C(C)C.CC(C)CC(=O)C(C)C.CC(C)SC1CC(=O)N(C(C)C)C1=O. The van der Waals surface area contributed by atoms with Crippen LogP contribution in [0.2, 0.25) is 0 Å². The molecule has 0 aliphatic carbocycles. The highest BCUT2D eigenvalue weighted by molar-refractivity contribution is 8.01. The maximum Gasteiger partial charge on any atom is 0.243 e. The van der Waals surface area contributed by atoms with Crippen molar-refractivity contribution in [1.29, 1.82) is 0 Å². The third-order valence-electron chi connectivity index (χ3n) is 4.60. The molecule has 5 nitrogen and oxygen atoms in total. The monoisotopic (exact) mass is 471 g/mol. The molecule has 0 radical (unpaired) electrons. The summed E-state index contributed by atoms with van der Waals surface area (Å²) < 4.78 is 0. The van der Waals surface area contributed by atoms with Crippen molar-refractivity contribution in [3.63, 3.8) is 0 Å². The first-order valence-corrected chi connectivity index (χ1v) is 13.0. The van der Waals surface area contributed by atoms with Crippen molar-refractivity contribution in [2.45, 2.75) is 119 Å². The molecule has 0 spiro atoms. The van der Waals surface area contributed by atoms with Gasteiger partial charge in [0.1, 0.15) is 11.6 Å². The molecule has 0 aromatic heterocycles. The van der Waals surface area contributed by atoms with Crippen molar-refractivity contribution in [2.24, 2.45) is 23.7 Å². The number of hydrogen-bond acceptors (Lipinski definition) is 5. The topological polar surface area (TPSA) is 71.5 Å². The van der Waals surface area contributed by atoms with E-state index in [-0.39, 0.29) is 34.9 Å². The Morgan fingerprint density at radius 2 is 1.16 bits per heavy atom. The van der Waals surface area contributed by atoms with Crippen LogP contribution in [0.3, 0.4) is 0 Å². The summed E-state index contributed by atoms with van der Waals surface area (Å²) in [5, 5.41) is 0.244. The number of rotatable bonds is 9. The number of Topliss-reactive ketones (excluding diaryl/α,β-unsaturated/α-hetero) is 2. The van der Waals surface area contributed by atoms with Gasteiger partial charge in [-0.2, -0.15) is 0 Å². The Bertz CT molecular complexity index is 569. The van der Waals surface area contributed by atoms with E-state index in [0.29, 0.717) is 35.1 Å². The van der Waals surface area contributed by atoms with E-state index in [4.69, 9.17) is 0 Å². The van der Waals surface area contributed by atoms with Crippen LogP contribution in [0.1, 0.15) is 102 Å². The van der Waals surface area contributed by atoms with Crippen molar-refractivity contribution in [2.75, 3.05) is 0 Å². The highest BCUT2D eigenvalue weighted by Gasteiger charge is 2.40. The van der Waals surface area contributed by atoms with E-state index >= 15 is 0 Å². The van der Waals surface area contributed by atoms with Crippen molar-refractivity contribution < 1.29 is 19.2 Å². The summed E-state index contributed by atoms with van der Waals surface area (Å²) in [4.78, 5) is 46.6. The first kappa shape index (κ1) is 33.0. The Hall–Kier alpha value is -1.17. The van der Waals surface area contributed by atoms with E-state index in [9.17, 15) is 19.2 Å². The molecule has 0 bridgehead atoms. The Labute approximate surface area is 201 Å². The fraction of sp³-hybridized carbons (Fsp3) is 0.846. The van der Waals surface area contributed by atoms with E-state index in [0.717, 1.165) is 12.8 Å². The molecule has 1 aliphatic heterocycles. The predicted molar refractivity (Wildman–Crippen MR) is 137 cm³/mol. The van der Waals surface area contributed by atoms with Gasteiger partial charge in [-0.25, -0.2) is 0 Å². The minimum Gasteiger partial charge on any atom is -0.299 e. The van der Waals surface area contributed by atoms with Gasteiger partial charge in [0.2, 0.25) is 11.8 Å². The van der Waals surface area contributed by atoms with Gasteiger partial charge in [0, 0.05) is 37.1 Å². The molecule has 2 amide bonds. The summed E-state index contributed by atoms with van der Waals surface area (Å²) in [5.74, 6) is 2.18. The fourth-order valence-electron chi connectivity index (χ4n) is 2.88. The largest absolute Gasteiger partial charge is 0.299 e. The molecule has 6 heteroatoms. The predicted octanol–water partition coefficient (Wildman–Crippen LogP) is 6.18. The van der Waals surface area contributed by atoms with Crippen molar-refractivity contribution in [3.05, 3.63) is 0 Å².